The van der Waals surface area contributed by atoms with Crippen molar-refractivity contribution in [3.63, 3.8) is 0 Å². The normalized spacial score (nSPS) is 11.0. The summed E-state index contributed by atoms with van der Waals surface area (Å²) < 4.78 is 5.99. The summed E-state index contributed by atoms with van der Waals surface area (Å²) in [4.78, 5) is 12.1. The first-order chi connectivity index (χ1) is 12.0. The fourth-order valence-corrected chi connectivity index (χ4v) is 3.21. The van der Waals surface area contributed by atoms with Gasteiger partial charge in [0.25, 0.3) is 0 Å². The van der Waals surface area contributed by atoms with Gasteiger partial charge in [0.2, 0.25) is 0 Å². The molecule has 0 amide bonds. The number of nitrogens with one attached hydrogen (secondary N) is 1. The molecule has 0 saturated heterocycles. The van der Waals surface area contributed by atoms with E-state index in [1.54, 1.807) is 26.0 Å². The Bertz CT molecular complexity index is 1160. The zero-order valence-electron chi connectivity index (χ0n) is 13.7. The van der Waals surface area contributed by atoms with Gasteiger partial charge < -0.3 is 20.4 Å². The number of hydrogen-bond donors (Lipinski definition) is 2. The Morgan fingerprint density at radius 1 is 1.00 bits per heavy atom. The second kappa shape index (κ2) is 5.63. The minimum absolute atomic E-state index is 0.00486. The second-order valence-electron chi connectivity index (χ2n) is 6.05. The molecular formula is C20H15BN2O2. The summed E-state index contributed by atoms with van der Waals surface area (Å²) in [6, 6.07) is 18.3. The molecule has 2 aromatic carbocycles. The van der Waals surface area contributed by atoms with Crippen molar-refractivity contribution in [2.45, 2.75) is 0 Å². The fraction of sp³-hybridized carbons (Fsp3) is 0. The number of fused-ring (bicyclic) bond motifs is 2. The second-order valence-corrected chi connectivity index (χ2v) is 6.05. The zero-order chi connectivity index (χ0) is 17.6. The van der Waals surface area contributed by atoms with Crippen molar-refractivity contribution in [2.24, 2.45) is 0 Å². The van der Waals surface area contributed by atoms with Crippen LogP contribution in [0.5, 0.6) is 0 Å². The van der Waals surface area contributed by atoms with Crippen LogP contribution in [-0.4, -0.2) is 13.5 Å². The van der Waals surface area contributed by atoms with Crippen molar-refractivity contribution in [1.29, 1.82) is 5.41 Å². The number of nitrogen functional groups attached to an aromatic ring is 1. The highest BCUT2D eigenvalue weighted by Crippen LogP contribution is 2.41. The number of hydrogen-bond acceptors (Lipinski definition) is 4. The van der Waals surface area contributed by atoms with Gasteiger partial charge in [-0.3, -0.25) is 0 Å². The quantitative estimate of drug-likeness (QED) is 0.337. The maximum atomic E-state index is 12.1. The topological polar surface area (TPSA) is 80.1 Å². The van der Waals surface area contributed by atoms with Crippen LogP contribution in [0.2, 0.25) is 0 Å². The van der Waals surface area contributed by atoms with E-state index in [1.165, 1.54) is 0 Å². The maximum Gasteiger partial charge on any atom is 0.193 e. The summed E-state index contributed by atoms with van der Waals surface area (Å²) in [7, 11) is 1.57. The molecule has 0 saturated carbocycles. The van der Waals surface area contributed by atoms with E-state index in [9.17, 15) is 4.79 Å². The first-order valence-electron chi connectivity index (χ1n) is 7.95. The molecule has 1 aliphatic carbocycles. The van der Waals surface area contributed by atoms with Gasteiger partial charge in [-0.2, -0.15) is 0 Å². The van der Waals surface area contributed by atoms with Gasteiger partial charge in [-0.15, -0.1) is 0 Å². The van der Waals surface area contributed by atoms with Crippen LogP contribution in [-0.2, 0) is 0 Å². The van der Waals surface area contributed by atoms with E-state index in [-0.39, 0.29) is 5.68 Å². The Morgan fingerprint density at radius 2 is 1.80 bits per heavy atom. The largest absolute Gasteiger partial charge is 0.456 e. The Kier molecular flexibility index (Phi) is 3.43. The van der Waals surface area contributed by atoms with Crippen LogP contribution in [0, 0.1) is 5.41 Å². The van der Waals surface area contributed by atoms with Gasteiger partial charge >= 0.3 is 0 Å². The first-order valence-corrected chi connectivity index (χ1v) is 7.95. The maximum absolute atomic E-state index is 12.1. The van der Waals surface area contributed by atoms with Crippen LogP contribution in [0.3, 0.4) is 0 Å². The van der Waals surface area contributed by atoms with Gasteiger partial charge in [0, 0.05) is 39.9 Å². The van der Waals surface area contributed by atoms with E-state index in [0.29, 0.717) is 28.0 Å². The molecule has 0 atom stereocenters. The summed E-state index contributed by atoms with van der Waals surface area (Å²) in [5.41, 5.74) is 10.4. The molecule has 25 heavy (non-hydrogen) atoms. The molecule has 0 spiro atoms. The Labute approximate surface area is 145 Å². The summed E-state index contributed by atoms with van der Waals surface area (Å²) >= 11 is 0. The lowest BCUT2D eigenvalue weighted by molar-refractivity contribution is 0.108. The third-order valence-corrected chi connectivity index (χ3v) is 4.32. The lowest BCUT2D eigenvalue weighted by atomic mass is 9.85. The SMILES string of the molecule is BC(=O)c1ccccc1-c1c2ccc(=N)cc-2oc2cc(N)ccc12. The van der Waals surface area contributed by atoms with E-state index in [1.807, 2.05) is 42.5 Å². The molecule has 2 aliphatic rings. The molecule has 0 bridgehead atoms. The van der Waals surface area contributed by atoms with Crippen molar-refractivity contribution in [1.82, 2.24) is 0 Å². The van der Waals surface area contributed by atoms with E-state index in [2.05, 4.69) is 0 Å². The minimum atomic E-state index is 0.00486. The van der Waals surface area contributed by atoms with Gasteiger partial charge in [0.1, 0.15) is 17.0 Å². The third-order valence-electron chi connectivity index (χ3n) is 4.32. The van der Waals surface area contributed by atoms with Crippen LogP contribution in [0.15, 0.2) is 65.1 Å². The monoisotopic (exact) mass is 326 g/mol. The van der Waals surface area contributed by atoms with E-state index in [0.717, 1.165) is 22.1 Å². The smallest absolute Gasteiger partial charge is 0.193 e. The van der Waals surface area contributed by atoms with E-state index >= 15 is 0 Å². The molecule has 4 rings (SSSR count). The molecule has 3 N–H and O–H groups in total. The lowest BCUT2D eigenvalue weighted by Crippen LogP contribution is -2.04. The van der Waals surface area contributed by atoms with Crippen molar-refractivity contribution in [2.75, 3.05) is 5.73 Å². The Morgan fingerprint density at radius 3 is 2.60 bits per heavy atom. The number of rotatable bonds is 2. The van der Waals surface area contributed by atoms with E-state index in [4.69, 9.17) is 15.6 Å². The van der Waals surface area contributed by atoms with Gasteiger partial charge in [0.05, 0.1) is 5.36 Å². The van der Waals surface area contributed by atoms with Crippen LogP contribution in [0.4, 0.5) is 5.69 Å². The zero-order valence-corrected chi connectivity index (χ0v) is 13.7. The highest BCUT2D eigenvalue weighted by Gasteiger charge is 2.19. The summed E-state index contributed by atoms with van der Waals surface area (Å²) in [6.45, 7) is 0. The number of nitrogens with two attached hydrogens (primary N) is 1. The summed E-state index contributed by atoms with van der Waals surface area (Å²) in [5, 5.41) is 9.12. The predicted molar refractivity (Wildman–Crippen MR) is 101 cm³/mol. The highest BCUT2D eigenvalue weighted by atomic mass is 16.3. The number of carbonyl (C=O) groups excluding carboxylic acids is 1. The van der Waals surface area contributed by atoms with Crippen LogP contribution >= 0.6 is 0 Å². The van der Waals surface area contributed by atoms with Gasteiger partial charge in [-0.1, -0.05) is 24.3 Å². The molecule has 0 radical (unpaired) electrons. The molecule has 1 heterocycles. The fourth-order valence-electron chi connectivity index (χ4n) is 3.21. The molecule has 2 aromatic rings. The minimum Gasteiger partial charge on any atom is -0.456 e. The van der Waals surface area contributed by atoms with Crippen molar-refractivity contribution in [3.8, 4) is 22.5 Å². The highest BCUT2D eigenvalue weighted by molar-refractivity contribution is 6.63. The molecule has 1 aliphatic heterocycles. The molecule has 120 valence electrons. The third kappa shape index (κ3) is 2.50. The molecule has 5 heteroatoms. The van der Waals surface area contributed by atoms with Gasteiger partial charge in [-0.05, 0) is 29.8 Å². The van der Waals surface area contributed by atoms with E-state index < -0.39 is 0 Å². The average molecular weight is 326 g/mol. The predicted octanol–water partition coefficient (Wildman–Crippen LogP) is 3.04. The van der Waals surface area contributed by atoms with Crippen LogP contribution in [0.25, 0.3) is 33.4 Å². The summed E-state index contributed by atoms with van der Waals surface area (Å²) in [5.74, 6) is 0.596. The lowest BCUT2D eigenvalue weighted by Gasteiger charge is -2.17. The standard InChI is InChI=1S/C20H15BN2O2/c21-20(24)14-4-2-1-3-13(14)19-15-7-5-11(22)9-17(15)25-18-10-12(23)6-8-16(18)19/h1-10,22H,21,23H2. The molecule has 0 unspecified atom stereocenters. The average Bonchev–Trinajstić information content (AvgIpc) is 2.59. The molecule has 0 fully saturated rings. The van der Waals surface area contributed by atoms with Gasteiger partial charge in [0.15, 0.2) is 7.85 Å². The summed E-state index contributed by atoms with van der Waals surface area (Å²) in [6.07, 6.45) is 0. The van der Waals surface area contributed by atoms with Crippen LogP contribution in [0.1, 0.15) is 10.4 Å². The van der Waals surface area contributed by atoms with Crippen molar-refractivity contribution < 1.29 is 9.21 Å². The van der Waals surface area contributed by atoms with Crippen molar-refractivity contribution in [3.05, 3.63) is 71.6 Å². The molecular weight excluding hydrogens is 311 g/mol. The Balaban J connectivity index is 2.22. The number of benzene rings is 3. The van der Waals surface area contributed by atoms with Gasteiger partial charge in [-0.25, -0.2) is 0 Å². The molecule has 4 nitrogen and oxygen atoms in total. The van der Waals surface area contributed by atoms with Crippen molar-refractivity contribution >= 4 is 30.2 Å². The number of carbonyl (C=O) groups is 1. The molecule has 0 aromatic heterocycles. The Hall–Kier alpha value is -3.34. The first kappa shape index (κ1) is 15.2. The van der Waals surface area contributed by atoms with Crippen LogP contribution < -0.4 is 11.1 Å². The number of anilines is 1.